The summed E-state index contributed by atoms with van der Waals surface area (Å²) in [5.41, 5.74) is 0. The van der Waals surface area contributed by atoms with Crippen molar-refractivity contribution in [1.29, 1.82) is 0 Å². The molecular weight excluding hydrogens is 180 g/mol. The van der Waals surface area contributed by atoms with E-state index >= 15 is 0 Å². The molecule has 0 saturated carbocycles. The molecule has 0 bridgehead atoms. The maximum absolute atomic E-state index is 5.35. The van der Waals surface area contributed by atoms with Crippen LogP contribution in [0.25, 0.3) is 0 Å². The number of rotatable bonds is 1. The molecule has 0 spiro atoms. The lowest BCUT2D eigenvalue weighted by molar-refractivity contribution is 0.166. The summed E-state index contributed by atoms with van der Waals surface area (Å²) in [4.78, 5) is 0. The van der Waals surface area contributed by atoms with Crippen molar-refractivity contribution in [2.75, 3.05) is 11.9 Å². The molecule has 0 radical (unpaired) electrons. The van der Waals surface area contributed by atoms with Crippen molar-refractivity contribution in [3.05, 3.63) is 11.8 Å². The van der Waals surface area contributed by atoms with E-state index in [1.54, 1.807) is 0 Å². The van der Waals surface area contributed by atoms with Crippen molar-refractivity contribution < 1.29 is 4.74 Å². The van der Waals surface area contributed by atoms with Crippen LogP contribution in [0.5, 0.6) is 0 Å². The van der Waals surface area contributed by atoms with E-state index in [1.807, 2.05) is 0 Å². The normalized spacial score (nSPS) is 23.9. The fourth-order valence-electron chi connectivity index (χ4n) is 0.924. The Balaban J connectivity index is 2.30. The quantitative estimate of drug-likeness (QED) is 0.578. The van der Waals surface area contributed by atoms with Crippen LogP contribution >= 0.6 is 15.9 Å². The highest BCUT2D eigenvalue weighted by atomic mass is 79.9. The molecule has 0 atom stereocenters. The largest absolute Gasteiger partial charge is 0.498 e. The van der Waals surface area contributed by atoms with Gasteiger partial charge >= 0.3 is 0 Å². The fourth-order valence-corrected chi connectivity index (χ4v) is 1.28. The van der Waals surface area contributed by atoms with Crippen LogP contribution in [0.2, 0.25) is 0 Å². The maximum atomic E-state index is 5.35. The third-order valence-electron chi connectivity index (χ3n) is 1.41. The first-order valence-corrected chi connectivity index (χ1v) is 4.43. The van der Waals surface area contributed by atoms with Crippen LogP contribution in [-0.2, 0) is 4.74 Å². The molecular formula is C7H11BrO. The maximum Gasteiger partial charge on any atom is 0.0928 e. The SMILES string of the molecule is BrC/C=C1/CCCCO1. The van der Waals surface area contributed by atoms with Crippen molar-refractivity contribution in [1.82, 2.24) is 0 Å². The molecule has 52 valence electrons. The smallest absolute Gasteiger partial charge is 0.0928 e. The Morgan fingerprint density at radius 2 is 2.44 bits per heavy atom. The van der Waals surface area contributed by atoms with Crippen molar-refractivity contribution in [2.24, 2.45) is 0 Å². The van der Waals surface area contributed by atoms with Crippen LogP contribution in [0.1, 0.15) is 19.3 Å². The minimum Gasteiger partial charge on any atom is -0.498 e. The predicted molar refractivity (Wildman–Crippen MR) is 41.7 cm³/mol. The third-order valence-corrected chi connectivity index (χ3v) is 1.73. The van der Waals surface area contributed by atoms with Crippen LogP contribution in [0.4, 0.5) is 0 Å². The standard InChI is InChI=1S/C7H11BrO/c8-5-4-7-3-1-2-6-9-7/h4H,1-3,5-6H2/b7-4-. The summed E-state index contributed by atoms with van der Waals surface area (Å²) in [6.45, 7) is 0.916. The van der Waals surface area contributed by atoms with Crippen molar-refractivity contribution >= 4 is 15.9 Å². The minimum atomic E-state index is 0.916. The zero-order valence-corrected chi connectivity index (χ0v) is 6.99. The number of alkyl halides is 1. The van der Waals surface area contributed by atoms with Crippen molar-refractivity contribution in [3.8, 4) is 0 Å². The van der Waals surface area contributed by atoms with E-state index < -0.39 is 0 Å². The van der Waals surface area contributed by atoms with Gasteiger partial charge in [0.15, 0.2) is 0 Å². The molecule has 0 aromatic heterocycles. The number of hydrogen-bond acceptors (Lipinski definition) is 1. The molecule has 9 heavy (non-hydrogen) atoms. The lowest BCUT2D eigenvalue weighted by Crippen LogP contribution is -2.02. The molecule has 1 heterocycles. The second kappa shape index (κ2) is 3.94. The first-order chi connectivity index (χ1) is 4.43. The molecule has 0 N–H and O–H groups in total. The number of allylic oxidation sites excluding steroid dienone is 2. The topological polar surface area (TPSA) is 9.23 Å². The van der Waals surface area contributed by atoms with E-state index in [-0.39, 0.29) is 0 Å². The van der Waals surface area contributed by atoms with Gasteiger partial charge in [-0.3, -0.25) is 0 Å². The Morgan fingerprint density at radius 3 is 3.00 bits per heavy atom. The number of ether oxygens (including phenoxy) is 1. The van der Waals surface area contributed by atoms with Crippen molar-refractivity contribution in [3.63, 3.8) is 0 Å². The van der Waals surface area contributed by atoms with Crippen LogP contribution < -0.4 is 0 Å². The summed E-state index contributed by atoms with van der Waals surface area (Å²) in [5, 5.41) is 0.919. The molecule has 0 amide bonds. The van der Waals surface area contributed by atoms with E-state index in [4.69, 9.17) is 4.74 Å². The van der Waals surface area contributed by atoms with Gasteiger partial charge in [-0.15, -0.1) is 0 Å². The minimum absolute atomic E-state index is 0.916. The number of hydrogen-bond donors (Lipinski definition) is 0. The van der Waals surface area contributed by atoms with Gasteiger partial charge in [0, 0.05) is 11.8 Å². The Morgan fingerprint density at radius 1 is 1.56 bits per heavy atom. The average molecular weight is 191 g/mol. The van der Waals surface area contributed by atoms with Gasteiger partial charge in [-0.05, 0) is 18.9 Å². The van der Waals surface area contributed by atoms with Gasteiger partial charge in [0.25, 0.3) is 0 Å². The summed E-state index contributed by atoms with van der Waals surface area (Å²) in [6.07, 6.45) is 5.74. The summed E-state index contributed by atoms with van der Waals surface area (Å²) >= 11 is 3.33. The second-order valence-electron chi connectivity index (χ2n) is 2.13. The van der Waals surface area contributed by atoms with Gasteiger partial charge in [0.2, 0.25) is 0 Å². The molecule has 1 aliphatic heterocycles. The van der Waals surface area contributed by atoms with Gasteiger partial charge in [-0.2, -0.15) is 0 Å². The third kappa shape index (κ3) is 2.39. The average Bonchev–Trinajstić information content (AvgIpc) is 1.91. The molecule has 0 unspecified atom stereocenters. The Hall–Kier alpha value is 0.0200. The molecule has 1 saturated heterocycles. The van der Waals surface area contributed by atoms with E-state index in [0.29, 0.717) is 0 Å². The number of halogens is 1. The van der Waals surface area contributed by atoms with Crippen LogP contribution in [0.3, 0.4) is 0 Å². The van der Waals surface area contributed by atoms with Gasteiger partial charge in [-0.25, -0.2) is 0 Å². The fraction of sp³-hybridized carbons (Fsp3) is 0.714. The van der Waals surface area contributed by atoms with Crippen LogP contribution in [0, 0.1) is 0 Å². The van der Waals surface area contributed by atoms with Gasteiger partial charge in [0.1, 0.15) is 0 Å². The summed E-state index contributed by atoms with van der Waals surface area (Å²) < 4.78 is 5.35. The molecule has 1 nitrogen and oxygen atoms in total. The summed E-state index contributed by atoms with van der Waals surface area (Å²) in [5.74, 6) is 1.16. The van der Waals surface area contributed by atoms with E-state index in [0.717, 1.165) is 24.1 Å². The molecule has 0 aromatic carbocycles. The Kier molecular flexibility index (Phi) is 3.12. The Bertz CT molecular complexity index is 101. The summed E-state index contributed by atoms with van der Waals surface area (Å²) in [6, 6.07) is 0. The van der Waals surface area contributed by atoms with E-state index in [1.165, 1.54) is 12.8 Å². The van der Waals surface area contributed by atoms with Crippen LogP contribution in [0.15, 0.2) is 11.8 Å². The van der Waals surface area contributed by atoms with Crippen molar-refractivity contribution in [2.45, 2.75) is 19.3 Å². The highest BCUT2D eigenvalue weighted by molar-refractivity contribution is 9.09. The van der Waals surface area contributed by atoms with E-state index in [9.17, 15) is 0 Å². The van der Waals surface area contributed by atoms with Gasteiger partial charge < -0.3 is 4.74 Å². The van der Waals surface area contributed by atoms with Crippen LogP contribution in [-0.4, -0.2) is 11.9 Å². The zero-order chi connectivity index (χ0) is 6.53. The monoisotopic (exact) mass is 190 g/mol. The lowest BCUT2D eigenvalue weighted by Gasteiger charge is -2.14. The highest BCUT2D eigenvalue weighted by Gasteiger charge is 2.03. The second-order valence-corrected chi connectivity index (χ2v) is 2.78. The molecule has 2 heteroatoms. The molecule has 1 rings (SSSR count). The zero-order valence-electron chi connectivity index (χ0n) is 5.40. The lowest BCUT2D eigenvalue weighted by atomic mass is 10.2. The van der Waals surface area contributed by atoms with Gasteiger partial charge in [-0.1, -0.05) is 15.9 Å². The summed E-state index contributed by atoms with van der Waals surface area (Å²) in [7, 11) is 0. The Labute approximate surface area is 64.2 Å². The molecule has 1 aliphatic rings. The first-order valence-electron chi connectivity index (χ1n) is 3.31. The van der Waals surface area contributed by atoms with Gasteiger partial charge in [0.05, 0.1) is 12.4 Å². The first kappa shape index (κ1) is 7.13. The predicted octanol–water partition coefficient (Wildman–Crippen LogP) is 2.47. The molecule has 1 fully saturated rings. The molecule has 0 aliphatic carbocycles. The van der Waals surface area contributed by atoms with E-state index in [2.05, 4.69) is 22.0 Å². The highest BCUT2D eigenvalue weighted by Crippen LogP contribution is 2.15. The molecule has 0 aromatic rings.